The van der Waals surface area contributed by atoms with E-state index in [0.717, 1.165) is 53.8 Å². The number of sulfonamides is 1. The Morgan fingerprint density at radius 2 is 1.76 bits per heavy atom. The van der Waals surface area contributed by atoms with E-state index in [0.29, 0.717) is 10.8 Å². The molecule has 1 aliphatic rings. The van der Waals surface area contributed by atoms with Gasteiger partial charge in [-0.15, -0.1) is 0 Å². The molecular formula is C27H36ClN3O5S. The molecule has 1 saturated carbocycles. The van der Waals surface area contributed by atoms with Crippen molar-refractivity contribution in [3.63, 3.8) is 0 Å². The number of carbonyl (C=O) groups excluding carboxylic acids is 2. The van der Waals surface area contributed by atoms with Crippen molar-refractivity contribution >= 4 is 39.1 Å². The number of carbonyl (C=O) groups is 2. The van der Waals surface area contributed by atoms with Crippen molar-refractivity contribution in [2.45, 2.75) is 64.6 Å². The minimum absolute atomic E-state index is 0.0836. The Morgan fingerprint density at radius 3 is 2.35 bits per heavy atom. The normalized spacial score (nSPS) is 15.1. The molecular weight excluding hydrogens is 514 g/mol. The molecule has 0 saturated heterocycles. The SMILES string of the molecule is COc1ccc(C)cc1N(CC(=O)N(Cc1ccc(Cl)cc1)[C@@H](C)C(=O)NC1CCCCC1)S(C)(=O)=O. The quantitative estimate of drug-likeness (QED) is 0.477. The molecule has 0 bridgehead atoms. The maximum Gasteiger partial charge on any atom is 0.244 e. The second-order valence-corrected chi connectivity index (χ2v) is 12.0. The van der Waals surface area contributed by atoms with E-state index in [2.05, 4.69) is 5.32 Å². The van der Waals surface area contributed by atoms with Gasteiger partial charge in [0.2, 0.25) is 21.8 Å². The van der Waals surface area contributed by atoms with E-state index in [-0.39, 0.29) is 24.2 Å². The summed E-state index contributed by atoms with van der Waals surface area (Å²) in [5.74, 6) is -0.431. The van der Waals surface area contributed by atoms with Crippen LogP contribution < -0.4 is 14.4 Å². The summed E-state index contributed by atoms with van der Waals surface area (Å²) in [4.78, 5) is 28.4. The fourth-order valence-corrected chi connectivity index (χ4v) is 5.50. The summed E-state index contributed by atoms with van der Waals surface area (Å²) in [6.07, 6.45) is 6.16. The fourth-order valence-electron chi connectivity index (χ4n) is 4.53. The molecule has 202 valence electrons. The molecule has 0 radical (unpaired) electrons. The lowest BCUT2D eigenvalue weighted by Gasteiger charge is -2.33. The maximum absolute atomic E-state index is 13.7. The van der Waals surface area contributed by atoms with Crippen molar-refractivity contribution < 1.29 is 22.7 Å². The zero-order valence-corrected chi connectivity index (χ0v) is 23.4. The highest BCUT2D eigenvalue weighted by Crippen LogP contribution is 2.31. The number of nitrogens with zero attached hydrogens (tertiary/aromatic N) is 2. The average molecular weight is 550 g/mol. The number of anilines is 1. The number of hydrogen-bond donors (Lipinski definition) is 1. The van der Waals surface area contributed by atoms with Gasteiger partial charge in [0, 0.05) is 17.6 Å². The Bertz CT molecular complexity index is 1200. The molecule has 37 heavy (non-hydrogen) atoms. The van der Waals surface area contributed by atoms with Crippen LogP contribution in [0.25, 0.3) is 0 Å². The first-order valence-electron chi connectivity index (χ1n) is 12.5. The second kappa shape index (κ2) is 12.6. The predicted molar refractivity (Wildman–Crippen MR) is 146 cm³/mol. The fraction of sp³-hybridized carbons (Fsp3) is 0.481. The van der Waals surface area contributed by atoms with Crippen LogP contribution in [-0.2, 0) is 26.2 Å². The second-order valence-electron chi connectivity index (χ2n) is 9.61. The number of aryl methyl sites for hydroxylation is 1. The van der Waals surface area contributed by atoms with Crippen LogP contribution in [0.4, 0.5) is 5.69 Å². The van der Waals surface area contributed by atoms with Crippen LogP contribution >= 0.6 is 11.6 Å². The molecule has 0 aromatic heterocycles. The van der Waals surface area contributed by atoms with E-state index < -0.39 is 28.5 Å². The molecule has 1 aliphatic carbocycles. The molecule has 8 nitrogen and oxygen atoms in total. The Morgan fingerprint density at radius 1 is 1.11 bits per heavy atom. The van der Waals surface area contributed by atoms with Gasteiger partial charge in [0.1, 0.15) is 18.3 Å². The Labute approximate surface area is 225 Å². The summed E-state index contributed by atoms with van der Waals surface area (Å²) < 4.78 is 32.1. The molecule has 2 aromatic carbocycles. The molecule has 10 heteroatoms. The van der Waals surface area contributed by atoms with Crippen LogP contribution in [0.15, 0.2) is 42.5 Å². The van der Waals surface area contributed by atoms with E-state index in [1.807, 2.05) is 6.92 Å². The van der Waals surface area contributed by atoms with Crippen molar-refractivity contribution in [2.75, 3.05) is 24.2 Å². The number of benzene rings is 2. The molecule has 0 aliphatic heterocycles. The first-order valence-corrected chi connectivity index (χ1v) is 14.7. The third kappa shape index (κ3) is 7.85. The van der Waals surface area contributed by atoms with Gasteiger partial charge in [-0.25, -0.2) is 8.42 Å². The lowest BCUT2D eigenvalue weighted by atomic mass is 9.95. The summed E-state index contributed by atoms with van der Waals surface area (Å²) in [6, 6.07) is 11.4. The Hall–Kier alpha value is -2.78. The van der Waals surface area contributed by atoms with Gasteiger partial charge in [-0.3, -0.25) is 13.9 Å². The third-order valence-electron chi connectivity index (χ3n) is 6.67. The number of nitrogens with one attached hydrogen (secondary N) is 1. The molecule has 1 N–H and O–H groups in total. The van der Waals surface area contributed by atoms with Crippen molar-refractivity contribution in [1.29, 1.82) is 0 Å². The van der Waals surface area contributed by atoms with E-state index in [4.69, 9.17) is 16.3 Å². The molecule has 3 rings (SSSR count). The minimum atomic E-state index is -3.86. The van der Waals surface area contributed by atoms with Crippen LogP contribution in [0.1, 0.15) is 50.2 Å². The highest BCUT2D eigenvalue weighted by Gasteiger charge is 2.32. The Kier molecular flexibility index (Phi) is 9.84. The van der Waals surface area contributed by atoms with Gasteiger partial charge in [0.05, 0.1) is 19.1 Å². The van der Waals surface area contributed by atoms with E-state index >= 15 is 0 Å². The molecule has 1 atom stereocenters. The number of amides is 2. The lowest BCUT2D eigenvalue weighted by molar-refractivity contribution is -0.139. The smallest absolute Gasteiger partial charge is 0.244 e. The number of halogens is 1. The van der Waals surface area contributed by atoms with Gasteiger partial charge in [0.15, 0.2) is 0 Å². The van der Waals surface area contributed by atoms with Crippen molar-refractivity contribution in [3.8, 4) is 5.75 Å². The first kappa shape index (κ1) is 28.8. The molecule has 0 heterocycles. The minimum Gasteiger partial charge on any atom is -0.495 e. The van der Waals surface area contributed by atoms with Crippen LogP contribution in [-0.4, -0.2) is 57.1 Å². The highest BCUT2D eigenvalue weighted by molar-refractivity contribution is 7.92. The predicted octanol–water partition coefficient (Wildman–Crippen LogP) is 4.29. The zero-order valence-electron chi connectivity index (χ0n) is 21.9. The Balaban J connectivity index is 1.91. The topological polar surface area (TPSA) is 96.0 Å². The van der Waals surface area contributed by atoms with Crippen LogP contribution in [0, 0.1) is 6.92 Å². The number of hydrogen-bond acceptors (Lipinski definition) is 5. The number of methoxy groups -OCH3 is 1. The third-order valence-corrected chi connectivity index (χ3v) is 8.05. The van der Waals surface area contributed by atoms with Gasteiger partial charge in [-0.1, -0.05) is 49.1 Å². The summed E-state index contributed by atoms with van der Waals surface area (Å²) in [5, 5.41) is 3.64. The van der Waals surface area contributed by atoms with Gasteiger partial charge in [-0.2, -0.15) is 0 Å². The molecule has 1 fully saturated rings. The lowest BCUT2D eigenvalue weighted by Crippen LogP contribution is -2.53. The molecule has 0 unspecified atom stereocenters. The molecule has 2 amide bonds. The van der Waals surface area contributed by atoms with Crippen molar-refractivity contribution in [2.24, 2.45) is 0 Å². The highest BCUT2D eigenvalue weighted by atomic mass is 35.5. The summed E-state index contributed by atoms with van der Waals surface area (Å²) in [7, 11) is -2.41. The number of rotatable bonds is 10. The monoisotopic (exact) mass is 549 g/mol. The standard InChI is InChI=1S/C27H36ClN3O5S/c1-19-10-15-25(36-3)24(16-19)31(37(4,34)35)18-26(32)30(17-21-11-13-22(28)14-12-21)20(2)27(33)29-23-8-6-5-7-9-23/h10-16,20,23H,5-9,17-18H2,1-4H3,(H,29,33)/t20-/m0/s1. The van der Waals surface area contributed by atoms with Gasteiger partial charge >= 0.3 is 0 Å². The maximum atomic E-state index is 13.7. The largest absolute Gasteiger partial charge is 0.495 e. The number of ether oxygens (including phenoxy) is 1. The molecule has 2 aromatic rings. The van der Waals surface area contributed by atoms with Crippen molar-refractivity contribution in [3.05, 3.63) is 58.6 Å². The van der Waals surface area contributed by atoms with Crippen molar-refractivity contribution in [1.82, 2.24) is 10.2 Å². The summed E-state index contributed by atoms with van der Waals surface area (Å²) in [6.45, 7) is 3.14. The zero-order chi connectivity index (χ0) is 27.2. The van der Waals surface area contributed by atoms with Gasteiger partial charge in [-0.05, 0) is 62.1 Å². The van der Waals surface area contributed by atoms with E-state index in [1.54, 1.807) is 49.4 Å². The van der Waals surface area contributed by atoms with Crippen LogP contribution in [0.2, 0.25) is 5.02 Å². The van der Waals surface area contributed by atoms with Crippen LogP contribution in [0.3, 0.4) is 0 Å². The van der Waals surface area contributed by atoms with Gasteiger partial charge < -0.3 is 15.0 Å². The van der Waals surface area contributed by atoms with E-state index in [9.17, 15) is 18.0 Å². The first-order chi connectivity index (χ1) is 17.5. The van der Waals surface area contributed by atoms with Crippen LogP contribution in [0.5, 0.6) is 5.75 Å². The summed E-state index contributed by atoms with van der Waals surface area (Å²) in [5.41, 5.74) is 1.85. The van der Waals surface area contributed by atoms with Gasteiger partial charge in [0.25, 0.3) is 0 Å². The van der Waals surface area contributed by atoms with E-state index in [1.165, 1.54) is 12.0 Å². The molecule has 0 spiro atoms. The average Bonchev–Trinajstić information content (AvgIpc) is 2.86. The summed E-state index contributed by atoms with van der Waals surface area (Å²) >= 11 is 6.03.